The molecule has 0 aromatic heterocycles. The summed E-state index contributed by atoms with van der Waals surface area (Å²) >= 11 is 3.54. The van der Waals surface area contributed by atoms with Crippen LogP contribution in [0.5, 0.6) is 0 Å². The van der Waals surface area contributed by atoms with Gasteiger partial charge in [0.05, 0.1) is 0 Å². The van der Waals surface area contributed by atoms with Crippen molar-refractivity contribution in [3.05, 3.63) is 66.2 Å². The van der Waals surface area contributed by atoms with Crippen LogP contribution in [0.2, 0.25) is 0 Å². The first kappa shape index (κ1) is 14.5. The van der Waals surface area contributed by atoms with E-state index in [0.29, 0.717) is 6.54 Å². The summed E-state index contributed by atoms with van der Waals surface area (Å²) < 4.78 is 0. The summed E-state index contributed by atoms with van der Waals surface area (Å²) in [7, 11) is 0. The fraction of sp³-hybridized carbons (Fsp3) is 0.111. The quantitative estimate of drug-likeness (QED) is 0.673. The fourth-order valence-electron chi connectivity index (χ4n) is 2.39. The molecule has 106 valence electrons. The van der Waals surface area contributed by atoms with Gasteiger partial charge in [0.25, 0.3) is 0 Å². The van der Waals surface area contributed by atoms with Crippen molar-refractivity contribution in [3.8, 4) is 0 Å². The molecule has 3 rings (SSSR count). The average Bonchev–Trinajstić information content (AvgIpc) is 2.54. The SMILES string of the molecule is CSc1cccc(Sc2ccc3ccccc3c2)c1CN. The maximum absolute atomic E-state index is 5.94. The van der Waals surface area contributed by atoms with Gasteiger partial charge in [-0.2, -0.15) is 0 Å². The highest BCUT2D eigenvalue weighted by atomic mass is 32.2. The topological polar surface area (TPSA) is 26.0 Å². The molecule has 21 heavy (non-hydrogen) atoms. The van der Waals surface area contributed by atoms with E-state index in [1.807, 2.05) is 0 Å². The summed E-state index contributed by atoms with van der Waals surface area (Å²) in [6, 6.07) is 21.4. The average molecular weight is 311 g/mol. The van der Waals surface area contributed by atoms with Gasteiger partial charge in [-0.15, -0.1) is 11.8 Å². The van der Waals surface area contributed by atoms with Gasteiger partial charge in [-0.25, -0.2) is 0 Å². The molecule has 0 fully saturated rings. The predicted molar refractivity (Wildman–Crippen MR) is 94.2 cm³/mol. The van der Waals surface area contributed by atoms with Crippen LogP contribution in [0.3, 0.4) is 0 Å². The Morgan fingerprint density at radius 2 is 1.62 bits per heavy atom. The van der Waals surface area contributed by atoms with Crippen LogP contribution in [0.15, 0.2) is 75.4 Å². The number of nitrogens with two attached hydrogens (primary N) is 1. The molecule has 0 radical (unpaired) electrons. The minimum atomic E-state index is 0.576. The van der Waals surface area contributed by atoms with E-state index in [-0.39, 0.29) is 0 Å². The molecular weight excluding hydrogens is 294 g/mol. The minimum absolute atomic E-state index is 0.576. The molecule has 0 heterocycles. The van der Waals surface area contributed by atoms with Crippen molar-refractivity contribution in [1.82, 2.24) is 0 Å². The fourth-order valence-corrected chi connectivity index (χ4v) is 4.15. The number of hydrogen-bond acceptors (Lipinski definition) is 3. The van der Waals surface area contributed by atoms with Crippen LogP contribution < -0.4 is 5.73 Å². The highest BCUT2D eigenvalue weighted by molar-refractivity contribution is 8.00. The lowest BCUT2D eigenvalue weighted by molar-refractivity contribution is 0.981. The number of rotatable bonds is 4. The van der Waals surface area contributed by atoms with E-state index in [2.05, 4.69) is 66.9 Å². The van der Waals surface area contributed by atoms with Crippen LogP contribution in [0, 0.1) is 0 Å². The molecule has 0 aliphatic rings. The van der Waals surface area contributed by atoms with Crippen LogP contribution in [0.4, 0.5) is 0 Å². The maximum Gasteiger partial charge on any atom is 0.0200 e. The van der Waals surface area contributed by atoms with Gasteiger partial charge < -0.3 is 5.73 Å². The predicted octanol–water partition coefficient (Wildman–Crippen LogP) is 5.17. The smallest absolute Gasteiger partial charge is 0.0200 e. The second-order valence-corrected chi connectivity index (χ2v) is 6.72. The van der Waals surface area contributed by atoms with Gasteiger partial charge in [-0.1, -0.05) is 48.2 Å². The molecule has 0 saturated heterocycles. The van der Waals surface area contributed by atoms with E-state index in [0.717, 1.165) is 0 Å². The van der Waals surface area contributed by atoms with Crippen molar-refractivity contribution < 1.29 is 0 Å². The van der Waals surface area contributed by atoms with Crippen molar-refractivity contribution in [3.63, 3.8) is 0 Å². The minimum Gasteiger partial charge on any atom is -0.326 e. The molecule has 0 aliphatic heterocycles. The summed E-state index contributed by atoms with van der Waals surface area (Å²) in [4.78, 5) is 3.77. The van der Waals surface area contributed by atoms with E-state index in [1.165, 1.54) is 31.0 Å². The van der Waals surface area contributed by atoms with Crippen molar-refractivity contribution in [2.24, 2.45) is 5.73 Å². The highest BCUT2D eigenvalue weighted by Gasteiger charge is 2.08. The lowest BCUT2D eigenvalue weighted by Crippen LogP contribution is -2.00. The van der Waals surface area contributed by atoms with Crippen LogP contribution in [0.25, 0.3) is 10.8 Å². The third kappa shape index (κ3) is 3.10. The largest absolute Gasteiger partial charge is 0.326 e. The second kappa shape index (κ2) is 6.56. The van der Waals surface area contributed by atoms with E-state index in [9.17, 15) is 0 Å². The van der Waals surface area contributed by atoms with Gasteiger partial charge in [0.15, 0.2) is 0 Å². The number of hydrogen-bond donors (Lipinski definition) is 1. The third-order valence-corrected chi connectivity index (χ3v) is 5.38. The van der Waals surface area contributed by atoms with Gasteiger partial charge in [0.1, 0.15) is 0 Å². The molecule has 0 bridgehead atoms. The summed E-state index contributed by atoms with van der Waals surface area (Å²) in [6.45, 7) is 0.576. The first-order valence-electron chi connectivity index (χ1n) is 6.84. The molecule has 0 spiro atoms. The zero-order valence-corrected chi connectivity index (χ0v) is 13.5. The standard InChI is InChI=1S/C18H17NS2/c1-20-17-7-4-8-18(16(17)12-19)21-15-10-9-13-5-2-3-6-14(13)11-15/h2-11H,12,19H2,1H3. The van der Waals surface area contributed by atoms with Crippen molar-refractivity contribution >= 4 is 34.3 Å². The lowest BCUT2D eigenvalue weighted by Gasteiger charge is -2.11. The third-order valence-electron chi connectivity index (χ3n) is 3.46. The molecule has 0 aliphatic carbocycles. The highest BCUT2D eigenvalue weighted by Crippen LogP contribution is 2.35. The Morgan fingerprint density at radius 1 is 0.857 bits per heavy atom. The maximum atomic E-state index is 5.94. The zero-order valence-electron chi connectivity index (χ0n) is 11.9. The van der Waals surface area contributed by atoms with Crippen LogP contribution in [0.1, 0.15) is 5.56 Å². The Hall–Kier alpha value is -1.42. The first-order chi connectivity index (χ1) is 10.3. The van der Waals surface area contributed by atoms with E-state index in [4.69, 9.17) is 5.73 Å². The van der Waals surface area contributed by atoms with Crippen molar-refractivity contribution in [2.75, 3.05) is 6.26 Å². The Labute approximate surface area is 133 Å². The summed E-state index contributed by atoms with van der Waals surface area (Å²) in [6.07, 6.45) is 2.10. The Kier molecular flexibility index (Phi) is 4.54. The van der Waals surface area contributed by atoms with Crippen LogP contribution in [-0.4, -0.2) is 6.26 Å². The molecule has 3 heteroatoms. The zero-order chi connectivity index (χ0) is 14.7. The summed E-state index contributed by atoms with van der Waals surface area (Å²) in [5, 5.41) is 2.55. The molecular formula is C18H17NS2. The molecule has 0 unspecified atom stereocenters. The van der Waals surface area contributed by atoms with Crippen LogP contribution in [-0.2, 0) is 6.54 Å². The second-order valence-electron chi connectivity index (χ2n) is 4.75. The number of thioether (sulfide) groups is 1. The number of benzene rings is 3. The van der Waals surface area contributed by atoms with Crippen molar-refractivity contribution in [1.29, 1.82) is 0 Å². The number of fused-ring (bicyclic) bond motifs is 1. The Morgan fingerprint density at radius 3 is 2.38 bits per heavy atom. The van der Waals surface area contributed by atoms with Gasteiger partial charge in [0, 0.05) is 21.2 Å². The summed E-state index contributed by atoms with van der Waals surface area (Å²) in [5.41, 5.74) is 7.18. The molecule has 1 nitrogen and oxygen atoms in total. The molecule has 0 saturated carbocycles. The summed E-state index contributed by atoms with van der Waals surface area (Å²) in [5.74, 6) is 0. The molecule has 3 aromatic carbocycles. The Balaban J connectivity index is 1.98. The lowest BCUT2D eigenvalue weighted by atomic mass is 10.1. The van der Waals surface area contributed by atoms with Gasteiger partial charge >= 0.3 is 0 Å². The van der Waals surface area contributed by atoms with Crippen LogP contribution >= 0.6 is 23.5 Å². The van der Waals surface area contributed by atoms with E-state index < -0.39 is 0 Å². The Bertz CT molecular complexity index is 768. The first-order valence-corrected chi connectivity index (χ1v) is 8.88. The molecule has 2 N–H and O–H groups in total. The monoisotopic (exact) mass is 311 g/mol. The van der Waals surface area contributed by atoms with E-state index in [1.54, 1.807) is 23.5 Å². The normalized spacial score (nSPS) is 11.0. The van der Waals surface area contributed by atoms with Crippen molar-refractivity contribution in [2.45, 2.75) is 21.2 Å². The van der Waals surface area contributed by atoms with Gasteiger partial charge in [-0.05, 0) is 46.9 Å². The molecule has 0 atom stereocenters. The molecule has 0 amide bonds. The van der Waals surface area contributed by atoms with Gasteiger partial charge in [-0.3, -0.25) is 0 Å². The molecule has 3 aromatic rings. The van der Waals surface area contributed by atoms with Gasteiger partial charge in [0.2, 0.25) is 0 Å². The van der Waals surface area contributed by atoms with E-state index >= 15 is 0 Å².